The molecule has 0 bridgehead atoms. The maximum Gasteiger partial charge on any atom is 0.292 e. The molecule has 1 aromatic rings. The highest BCUT2D eigenvalue weighted by atomic mass is 32.2. The first kappa shape index (κ1) is 14.0. The molecule has 2 rings (SSSR count). The van der Waals surface area contributed by atoms with E-state index in [9.17, 15) is 13.2 Å². The van der Waals surface area contributed by atoms with Gasteiger partial charge in [0, 0.05) is 32.2 Å². The lowest BCUT2D eigenvalue weighted by molar-refractivity contribution is 0.0722. The fraction of sp³-hybridized carbons (Fsp3) is 0.636. The standard InChI is InChI=1S/C11H17N3O4S/c1-9-8-10(18-12-9)11(15)13-4-3-5-14(7-6-13)19(2,16)17/h8H,3-7H2,1-2H3. The zero-order chi connectivity index (χ0) is 14.0. The van der Waals surface area contributed by atoms with E-state index in [0.717, 1.165) is 0 Å². The van der Waals surface area contributed by atoms with Crippen molar-refractivity contribution in [2.45, 2.75) is 13.3 Å². The quantitative estimate of drug-likeness (QED) is 0.770. The molecule has 0 N–H and O–H groups in total. The highest BCUT2D eigenvalue weighted by Crippen LogP contribution is 2.11. The average Bonchev–Trinajstić information content (AvgIpc) is 2.62. The summed E-state index contributed by atoms with van der Waals surface area (Å²) in [5.74, 6) is -0.0405. The van der Waals surface area contributed by atoms with Gasteiger partial charge in [0.1, 0.15) is 0 Å². The third-order valence-corrected chi connectivity index (χ3v) is 4.35. The number of nitrogens with zero attached hydrogens (tertiary/aromatic N) is 3. The van der Waals surface area contributed by atoms with Crippen molar-refractivity contribution in [3.63, 3.8) is 0 Å². The number of carbonyl (C=O) groups is 1. The first-order chi connectivity index (χ1) is 8.88. The summed E-state index contributed by atoms with van der Waals surface area (Å²) in [7, 11) is -3.20. The molecule has 0 saturated carbocycles. The van der Waals surface area contributed by atoms with Crippen LogP contribution in [0.3, 0.4) is 0 Å². The summed E-state index contributed by atoms with van der Waals surface area (Å²) in [6.07, 6.45) is 1.80. The molecule has 19 heavy (non-hydrogen) atoms. The minimum absolute atomic E-state index is 0.199. The molecule has 1 saturated heterocycles. The van der Waals surface area contributed by atoms with Crippen molar-refractivity contribution in [3.05, 3.63) is 17.5 Å². The maximum atomic E-state index is 12.1. The van der Waals surface area contributed by atoms with Crippen LogP contribution in [0.2, 0.25) is 0 Å². The number of hydrogen-bond donors (Lipinski definition) is 0. The third kappa shape index (κ3) is 3.32. The van der Waals surface area contributed by atoms with Gasteiger partial charge in [-0.25, -0.2) is 12.7 Å². The van der Waals surface area contributed by atoms with Gasteiger partial charge in [-0.05, 0) is 13.3 Å². The molecule has 0 radical (unpaired) electrons. The summed E-state index contributed by atoms with van der Waals surface area (Å²) in [5, 5.41) is 3.68. The summed E-state index contributed by atoms with van der Waals surface area (Å²) in [5.41, 5.74) is 0.649. The Morgan fingerprint density at radius 1 is 1.32 bits per heavy atom. The Bertz CT molecular complexity index is 566. The minimum Gasteiger partial charge on any atom is -0.351 e. The lowest BCUT2D eigenvalue weighted by Crippen LogP contribution is -2.36. The van der Waals surface area contributed by atoms with Crippen LogP contribution in [0.5, 0.6) is 0 Å². The van der Waals surface area contributed by atoms with Crippen LogP contribution in [0.15, 0.2) is 10.6 Å². The van der Waals surface area contributed by atoms with E-state index in [1.807, 2.05) is 0 Å². The van der Waals surface area contributed by atoms with Crippen molar-refractivity contribution in [1.82, 2.24) is 14.4 Å². The lowest BCUT2D eigenvalue weighted by atomic mass is 10.3. The second-order valence-corrected chi connectivity index (χ2v) is 6.62. The molecule has 1 fully saturated rings. The minimum atomic E-state index is -3.20. The van der Waals surface area contributed by atoms with Crippen LogP contribution in [0.1, 0.15) is 22.7 Å². The van der Waals surface area contributed by atoms with Gasteiger partial charge in [-0.1, -0.05) is 5.16 Å². The highest BCUT2D eigenvalue weighted by Gasteiger charge is 2.26. The smallest absolute Gasteiger partial charge is 0.292 e. The molecule has 0 unspecified atom stereocenters. The van der Waals surface area contributed by atoms with E-state index in [0.29, 0.717) is 38.3 Å². The summed E-state index contributed by atoms with van der Waals surface area (Å²) in [4.78, 5) is 13.7. The van der Waals surface area contributed by atoms with Crippen molar-refractivity contribution >= 4 is 15.9 Å². The Hall–Kier alpha value is -1.41. The number of rotatable bonds is 2. The molecule has 2 heterocycles. The molecule has 8 heteroatoms. The van der Waals surface area contributed by atoms with Gasteiger partial charge in [0.15, 0.2) is 0 Å². The zero-order valence-electron chi connectivity index (χ0n) is 11.0. The second-order valence-electron chi connectivity index (χ2n) is 4.64. The Morgan fingerprint density at radius 3 is 2.63 bits per heavy atom. The van der Waals surface area contributed by atoms with Gasteiger partial charge in [0.25, 0.3) is 5.91 Å². The van der Waals surface area contributed by atoms with Gasteiger partial charge >= 0.3 is 0 Å². The molecule has 0 aromatic carbocycles. The predicted molar refractivity (Wildman–Crippen MR) is 68.2 cm³/mol. The van der Waals surface area contributed by atoms with Gasteiger partial charge in [-0.3, -0.25) is 4.79 Å². The Morgan fingerprint density at radius 2 is 2.05 bits per heavy atom. The number of hydrogen-bond acceptors (Lipinski definition) is 5. The van der Waals surface area contributed by atoms with Crippen LogP contribution in [-0.4, -0.2) is 61.1 Å². The van der Waals surface area contributed by atoms with Crippen LogP contribution in [0, 0.1) is 6.92 Å². The molecule has 1 aromatic heterocycles. The van der Waals surface area contributed by atoms with E-state index < -0.39 is 10.0 Å². The molecule has 0 atom stereocenters. The van der Waals surface area contributed by atoms with Crippen molar-refractivity contribution in [3.8, 4) is 0 Å². The molecule has 7 nitrogen and oxygen atoms in total. The number of aromatic nitrogens is 1. The molecule has 1 aliphatic rings. The number of carbonyl (C=O) groups excluding carboxylic acids is 1. The van der Waals surface area contributed by atoms with Gasteiger partial charge in [0.2, 0.25) is 15.8 Å². The van der Waals surface area contributed by atoms with Gasteiger partial charge < -0.3 is 9.42 Å². The monoisotopic (exact) mass is 287 g/mol. The van der Waals surface area contributed by atoms with E-state index in [4.69, 9.17) is 4.52 Å². The van der Waals surface area contributed by atoms with E-state index >= 15 is 0 Å². The van der Waals surface area contributed by atoms with E-state index in [-0.39, 0.29) is 11.7 Å². The fourth-order valence-electron chi connectivity index (χ4n) is 2.05. The van der Waals surface area contributed by atoms with Gasteiger partial charge in [0.05, 0.1) is 11.9 Å². The zero-order valence-corrected chi connectivity index (χ0v) is 11.8. The van der Waals surface area contributed by atoms with Crippen LogP contribution >= 0.6 is 0 Å². The Kier molecular flexibility index (Phi) is 3.91. The van der Waals surface area contributed by atoms with Crippen LogP contribution < -0.4 is 0 Å². The van der Waals surface area contributed by atoms with Crippen LogP contribution in [0.25, 0.3) is 0 Å². The molecule has 1 aliphatic heterocycles. The largest absolute Gasteiger partial charge is 0.351 e. The average molecular weight is 287 g/mol. The maximum absolute atomic E-state index is 12.1. The fourth-order valence-corrected chi connectivity index (χ4v) is 2.92. The number of amides is 1. The van der Waals surface area contributed by atoms with E-state index in [1.54, 1.807) is 17.9 Å². The summed E-state index contributed by atoms with van der Waals surface area (Å²) in [6, 6.07) is 1.58. The van der Waals surface area contributed by atoms with Crippen LogP contribution in [0.4, 0.5) is 0 Å². The van der Waals surface area contributed by atoms with Gasteiger partial charge in [-0.15, -0.1) is 0 Å². The van der Waals surface area contributed by atoms with Crippen molar-refractivity contribution in [1.29, 1.82) is 0 Å². The van der Waals surface area contributed by atoms with E-state index in [2.05, 4.69) is 5.16 Å². The highest BCUT2D eigenvalue weighted by molar-refractivity contribution is 7.88. The number of sulfonamides is 1. The molecular weight excluding hydrogens is 270 g/mol. The van der Waals surface area contributed by atoms with Crippen molar-refractivity contribution in [2.24, 2.45) is 0 Å². The predicted octanol–water partition coefficient (Wildman–Crippen LogP) is 0.0905. The third-order valence-electron chi connectivity index (χ3n) is 3.05. The first-order valence-corrected chi connectivity index (χ1v) is 7.90. The summed E-state index contributed by atoms with van der Waals surface area (Å²) < 4.78 is 29.3. The molecule has 106 valence electrons. The van der Waals surface area contributed by atoms with Crippen molar-refractivity contribution in [2.75, 3.05) is 32.4 Å². The van der Waals surface area contributed by atoms with Gasteiger partial charge in [-0.2, -0.15) is 0 Å². The number of aryl methyl sites for hydroxylation is 1. The first-order valence-electron chi connectivity index (χ1n) is 6.05. The Labute approximate surface area is 112 Å². The molecular formula is C11H17N3O4S. The van der Waals surface area contributed by atoms with E-state index in [1.165, 1.54) is 10.6 Å². The second kappa shape index (κ2) is 5.30. The Balaban J connectivity index is 2.05. The summed E-state index contributed by atoms with van der Waals surface area (Å²) in [6.45, 7) is 3.39. The molecule has 1 amide bonds. The topological polar surface area (TPSA) is 83.7 Å². The normalized spacial score (nSPS) is 18.3. The van der Waals surface area contributed by atoms with Crippen molar-refractivity contribution < 1.29 is 17.7 Å². The molecule has 0 spiro atoms. The molecule has 0 aliphatic carbocycles. The lowest BCUT2D eigenvalue weighted by Gasteiger charge is -2.19. The summed E-state index contributed by atoms with van der Waals surface area (Å²) >= 11 is 0. The van der Waals surface area contributed by atoms with Crippen LogP contribution in [-0.2, 0) is 10.0 Å². The SMILES string of the molecule is Cc1cc(C(=O)N2CCCN(S(C)(=O)=O)CC2)on1.